The van der Waals surface area contributed by atoms with E-state index in [1.807, 2.05) is 20.8 Å². The van der Waals surface area contributed by atoms with Gasteiger partial charge in [0.05, 0.1) is 6.42 Å². The fourth-order valence-corrected chi connectivity index (χ4v) is 0.723. The molecule has 82 valence electrons. The Kier molecular flexibility index (Phi) is 4.56. The van der Waals surface area contributed by atoms with Gasteiger partial charge in [-0.05, 0) is 5.41 Å². The zero-order valence-corrected chi connectivity index (χ0v) is 8.83. The molecule has 0 saturated heterocycles. The summed E-state index contributed by atoms with van der Waals surface area (Å²) < 4.78 is 0. The van der Waals surface area contributed by atoms with Gasteiger partial charge in [0.25, 0.3) is 0 Å². The maximum Gasteiger partial charge on any atom is 0.321 e. The summed E-state index contributed by atoms with van der Waals surface area (Å²) in [7, 11) is 0. The Balaban J connectivity index is 3.83. The summed E-state index contributed by atoms with van der Waals surface area (Å²) in [5, 5.41) is 11.1. The van der Waals surface area contributed by atoms with Crippen LogP contribution in [0, 0.1) is 5.41 Å². The fourth-order valence-electron chi connectivity index (χ4n) is 0.723. The van der Waals surface area contributed by atoms with Gasteiger partial charge in [-0.1, -0.05) is 20.8 Å². The predicted octanol–water partition coefficient (Wildman–Crippen LogP) is -0.0493. The van der Waals surface area contributed by atoms with Gasteiger partial charge >= 0.3 is 5.97 Å². The molecule has 0 aliphatic rings. The van der Waals surface area contributed by atoms with Crippen LogP contribution in [0.2, 0.25) is 0 Å². The summed E-state index contributed by atoms with van der Waals surface area (Å²) in [6, 6.07) is -1.12. The Morgan fingerprint density at radius 3 is 2.29 bits per heavy atom. The van der Waals surface area contributed by atoms with Gasteiger partial charge in [0.1, 0.15) is 6.04 Å². The van der Waals surface area contributed by atoms with Crippen LogP contribution >= 0.6 is 0 Å². The molecule has 0 unspecified atom stereocenters. The number of rotatable bonds is 4. The number of nitrogens with two attached hydrogens (primary N) is 1. The standard InChI is InChI=1S/C9H18N2O3/c1-9(2,3)5-11-7(12)4-6(10)8(13)14/h6H,4-5,10H2,1-3H3,(H,11,12)(H,13,14)/t6-/m0/s1. The number of amides is 1. The third-order valence-corrected chi connectivity index (χ3v) is 1.54. The van der Waals surface area contributed by atoms with E-state index < -0.39 is 12.0 Å². The highest BCUT2D eigenvalue weighted by molar-refractivity contribution is 5.84. The largest absolute Gasteiger partial charge is 0.480 e. The number of aliphatic carboxylic acids is 1. The first-order chi connectivity index (χ1) is 6.22. The second-order valence-corrected chi connectivity index (χ2v) is 4.49. The van der Waals surface area contributed by atoms with E-state index in [2.05, 4.69) is 5.32 Å². The van der Waals surface area contributed by atoms with Gasteiger partial charge in [0.15, 0.2) is 0 Å². The minimum absolute atomic E-state index is 0.0109. The average Bonchev–Trinajstić information content (AvgIpc) is 1.99. The SMILES string of the molecule is CC(C)(C)CNC(=O)C[C@H](N)C(=O)O. The van der Waals surface area contributed by atoms with Crippen molar-refractivity contribution in [3.05, 3.63) is 0 Å². The molecule has 1 atom stereocenters. The van der Waals surface area contributed by atoms with Crippen molar-refractivity contribution in [1.29, 1.82) is 0 Å². The normalized spacial score (nSPS) is 13.4. The molecule has 0 spiro atoms. The van der Waals surface area contributed by atoms with Crippen molar-refractivity contribution in [1.82, 2.24) is 5.32 Å². The minimum Gasteiger partial charge on any atom is -0.480 e. The fraction of sp³-hybridized carbons (Fsp3) is 0.778. The summed E-state index contributed by atoms with van der Waals surface area (Å²) in [5.74, 6) is -1.48. The van der Waals surface area contributed by atoms with E-state index >= 15 is 0 Å². The number of carboxylic acid groups (broad SMARTS) is 1. The van der Waals surface area contributed by atoms with Crippen LogP contribution in [0.4, 0.5) is 0 Å². The van der Waals surface area contributed by atoms with Crippen molar-refractivity contribution in [2.24, 2.45) is 11.1 Å². The lowest BCUT2D eigenvalue weighted by Crippen LogP contribution is -2.39. The van der Waals surface area contributed by atoms with Crippen LogP contribution in [0.3, 0.4) is 0 Å². The van der Waals surface area contributed by atoms with E-state index in [4.69, 9.17) is 10.8 Å². The quantitative estimate of drug-likeness (QED) is 0.596. The Morgan fingerprint density at radius 1 is 1.43 bits per heavy atom. The lowest BCUT2D eigenvalue weighted by molar-refractivity contribution is -0.140. The number of carbonyl (C=O) groups excluding carboxylic acids is 1. The molecule has 0 heterocycles. The first-order valence-corrected chi connectivity index (χ1v) is 4.47. The topological polar surface area (TPSA) is 92.4 Å². The third-order valence-electron chi connectivity index (χ3n) is 1.54. The van der Waals surface area contributed by atoms with Gasteiger partial charge in [-0.2, -0.15) is 0 Å². The van der Waals surface area contributed by atoms with Crippen molar-refractivity contribution in [2.75, 3.05) is 6.54 Å². The number of nitrogens with one attached hydrogen (secondary N) is 1. The second-order valence-electron chi connectivity index (χ2n) is 4.49. The van der Waals surface area contributed by atoms with Crippen LogP contribution in [0.1, 0.15) is 27.2 Å². The van der Waals surface area contributed by atoms with Crippen LogP contribution in [0.25, 0.3) is 0 Å². The van der Waals surface area contributed by atoms with E-state index in [1.165, 1.54) is 0 Å². The number of carbonyl (C=O) groups is 2. The Labute approximate surface area is 83.7 Å². The van der Waals surface area contributed by atoms with Gasteiger partial charge < -0.3 is 16.2 Å². The van der Waals surface area contributed by atoms with Gasteiger partial charge in [-0.15, -0.1) is 0 Å². The summed E-state index contributed by atoms with van der Waals surface area (Å²) in [5.41, 5.74) is 5.19. The van der Waals surface area contributed by atoms with E-state index in [1.54, 1.807) is 0 Å². The highest BCUT2D eigenvalue weighted by Crippen LogP contribution is 2.10. The maximum absolute atomic E-state index is 11.2. The highest BCUT2D eigenvalue weighted by Gasteiger charge is 2.17. The van der Waals surface area contributed by atoms with Crippen molar-refractivity contribution in [2.45, 2.75) is 33.2 Å². The molecule has 0 aromatic carbocycles. The van der Waals surface area contributed by atoms with Crippen molar-refractivity contribution in [3.8, 4) is 0 Å². The molecule has 0 fully saturated rings. The number of carboxylic acids is 1. The van der Waals surface area contributed by atoms with Gasteiger partial charge in [-0.25, -0.2) is 0 Å². The molecule has 5 heteroatoms. The third kappa shape index (κ3) is 6.42. The maximum atomic E-state index is 11.2. The predicted molar refractivity (Wildman–Crippen MR) is 52.7 cm³/mol. The molecule has 4 N–H and O–H groups in total. The summed E-state index contributed by atoms with van der Waals surface area (Å²) in [4.78, 5) is 21.5. The van der Waals surface area contributed by atoms with Crippen molar-refractivity contribution in [3.63, 3.8) is 0 Å². The van der Waals surface area contributed by atoms with Crippen molar-refractivity contribution >= 4 is 11.9 Å². The van der Waals surface area contributed by atoms with Gasteiger partial charge in [-0.3, -0.25) is 9.59 Å². The zero-order valence-electron chi connectivity index (χ0n) is 8.83. The summed E-state index contributed by atoms with van der Waals surface area (Å²) >= 11 is 0. The highest BCUT2D eigenvalue weighted by atomic mass is 16.4. The molecule has 0 aliphatic heterocycles. The van der Waals surface area contributed by atoms with E-state index in [9.17, 15) is 9.59 Å². The first kappa shape index (κ1) is 12.9. The molecule has 0 radical (unpaired) electrons. The molecule has 0 aromatic rings. The molecule has 0 aliphatic carbocycles. The lowest BCUT2D eigenvalue weighted by Gasteiger charge is -2.19. The molecule has 0 bridgehead atoms. The molecule has 14 heavy (non-hydrogen) atoms. The Morgan fingerprint density at radius 2 is 1.93 bits per heavy atom. The average molecular weight is 202 g/mol. The summed E-state index contributed by atoms with van der Waals surface area (Å²) in [6.45, 7) is 6.44. The van der Waals surface area contributed by atoms with E-state index in [0.717, 1.165) is 0 Å². The monoisotopic (exact) mass is 202 g/mol. The molecule has 1 amide bonds. The second kappa shape index (κ2) is 4.95. The molecule has 0 aromatic heterocycles. The minimum atomic E-state index is -1.16. The molecule has 0 saturated carbocycles. The van der Waals surface area contributed by atoms with Crippen LogP contribution in [-0.2, 0) is 9.59 Å². The van der Waals surface area contributed by atoms with Crippen LogP contribution in [-0.4, -0.2) is 29.6 Å². The summed E-state index contributed by atoms with van der Waals surface area (Å²) in [6.07, 6.45) is -0.175. The molecular formula is C9H18N2O3. The smallest absolute Gasteiger partial charge is 0.321 e. The Bertz CT molecular complexity index is 221. The Hall–Kier alpha value is -1.10. The zero-order chi connectivity index (χ0) is 11.4. The van der Waals surface area contributed by atoms with Crippen LogP contribution in [0.15, 0.2) is 0 Å². The molecular weight excluding hydrogens is 184 g/mol. The molecule has 0 rings (SSSR count). The first-order valence-electron chi connectivity index (χ1n) is 4.47. The number of hydrogen-bond acceptors (Lipinski definition) is 3. The lowest BCUT2D eigenvalue weighted by atomic mass is 9.97. The van der Waals surface area contributed by atoms with E-state index in [0.29, 0.717) is 6.54 Å². The van der Waals surface area contributed by atoms with Crippen molar-refractivity contribution < 1.29 is 14.7 Å². The van der Waals surface area contributed by atoms with Crippen LogP contribution < -0.4 is 11.1 Å². The molecule has 5 nitrogen and oxygen atoms in total. The van der Waals surface area contributed by atoms with Gasteiger partial charge in [0.2, 0.25) is 5.91 Å². The van der Waals surface area contributed by atoms with Gasteiger partial charge in [0, 0.05) is 6.54 Å². The van der Waals surface area contributed by atoms with Crippen LogP contribution in [0.5, 0.6) is 0 Å². The van der Waals surface area contributed by atoms with E-state index in [-0.39, 0.29) is 17.7 Å². The number of hydrogen-bond donors (Lipinski definition) is 3.